The maximum atomic E-state index is 12.3. The molecule has 0 fully saturated rings. The van der Waals surface area contributed by atoms with Crippen molar-refractivity contribution in [2.75, 3.05) is 6.79 Å². The summed E-state index contributed by atoms with van der Waals surface area (Å²) in [6.07, 6.45) is 0. The number of thioether (sulfide) groups is 1. The van der Waals surface area contributed by atoms with Gasteiger partial charge in [-0.3, -0.25) is 0 Å². The molecule has 0 bridgehead atoms. The summed E-state index contributed by atoms with van der Waals surface area (Å²) in [5.41, 5.74) is 1.87. The number of alkyl halides is 2. The van der Waals surface area contributed by atoms with Gasteiger partial charge in [0.2, 0.25) is 6.79 Å². The van der Waals surface area contributed by atoms with Gasteiger partial charge in [0.05, 0.1) is 0 Å². The predicted octanol–water partition coefficient (Wildman–Crippen LogP) is 4.75. The van der Waals surface area contributed by atoms with Crippen molar-refractivity contribution in [2.45, 2.75) is 36.6 Å². The van der Waals surface area contributed by atoms with Gasteiger partial charge in [0.15, 0.2) is 11.5 Å². The van der Waals surface area contributed by atoms with Crippen LogP contribution >= 0.6 is 11.8 Å². The zero-order valence-electron chi connectivity index (χ0n) is 13.5. The molecular formula is C18H19F2NO2S. The minimum Gasteiger partial charge on any atom is -0.454 e. The van der Waals surface area contributed by atoms with Crippen LogP contribution in [0.4, 0.5) is 8.78 Å². The quantitative estimate of drug-likeness (QED) is 0.761. The molecule has 0 radical (unpaired) electrons. The highest BCUT2D eigenvalue weighted by Crippen LogP contribution is 2.35. The molecule has 0 amide bonds. The number of ether oxygens (including phenoxy) is 2. The van der Waals surface area contributed by atoms with Gasteiger partial charge < -0.3 is 14.8 Å². The molecule has 1 heterocycles. The average Bonchev–Trinajstić information content (AvgIpc) is 3.01. The third-order valence-corrected chi connectivity index (χ3v) is 4.70. The van der Waals surface area contributed by atoms with Gasteiger partial charge in [0.25, 0.3) is 5.76 Å². The first-order valence-corrected chi connectivity index (χ1v) is 8.51. The fourth-order valence-corrected chi connectivity index (χ4v) is 3.00. The first kappa shape index (κ1) is 17.0. The lowest BCUT2D eigenvalue weighted by atomic mass is 9.93. The number of rotatable bonds is 6. The molecule has 1 aliphatic heterocycles. The topological polar surface area (TPSA) is 30.5 Å². The van der Waals surface area contributed by atoms with Crippen LogP contribution < -0.4 is 14.8 Å². The second-order valence-electron chi connectivity index (χ2n) is 6.07. The van der Waals surface area contributed by atoms with Crippen LogP contribution in [0.3, 0.4) is 0 Å². The Morgan fingerprint density at radius 1 is 1.08 bits per heavy atom. The van der Waals surface area contributed by atoms with E-state index in [0.717, 1.165) is 22.6 Å². The smallest absolute Gasteiger partial charge is 0.288 e. The highest BCUT2D eigenvalue weighted by atomic mass is 32.2. The number of hydrogen-bond donors (Lipinski definition) is 1. The van der Waals surface area contributed by atoms with Gasteiger partial charge in [0, 0.05) is 17.0 Å². The summed E-state index contributed by atoms with van der Waals surface area (Å²) in [6.45, 7) is 5.08. The highest BCUT2D eigenvalue weighted by Gasteiger charge is 2.23. The second-order valence-corrected chi connectivity index (χ2v) is 7.13. The summed E-state index contributed by atoms with van der Waals surface area (Å²) < 4.78 is 35.4. The molecule has 6 heteroatoms. The molecule has 0 aromatic heterocycles. The lowest BCUT2D eigenvalue weighted by Gasteiger charge is -2.27. The normalized spacial score (nSPS) is 13.5. The van der Waals surface area contributed by atoms with Crippen LogP contribution in [0, 0.1) is 0 Å². The van der Waals surface area contributed by atoms with Gasteiger partial charge in [-0.25, -0.2) is 0 Å². The third kappa shape index (κ3) is 3.99. The van der Waals surface area contributed by atoms with Gasteiger partial charge in [-0.2, -0.15) is 8.78 Å². The van der Waals surface area contributed by atoms with Crippen LogP contribution in [0.5, 0.6) is 11.5 Å². The van der Waals surface area contributed by atoms with E-state index >= 15 is 0 Å². The zero-order valence-corrected chi connectivity index (χ0v) is 14.3. The van der Waals surface area contributed by atoms with Crippen LogP contribution in [-0.4, -0.2) is 12.6 Å². The van der Waals surface area contributed by atoms with Gasteiger partial charge in [-0.15, -0.1) is 0 Å². The second kappa shape index (κ2) is 6.99. The van der Waals surface area contributed by atoms with Crippen molar-refractivity contribution in [1.29, 1.82) is 0 Å². The first-order chi connectivity index (χ1) is 11.4. The minimum absolute atomic E-state index is 0.260. The third-order valence-electron chi connectivity index (χ3n) is 3.98. The number of halogens is 2. The Hall–Kier alpha value is -1.79. The molecule has 3 rings (SSSR count). The van der Waals surface area contributed by atoms with Gasteiger partial charge >= 0.3 is 0 Å². The van der Waals surface area contributed by atoms with Crippen LogP contribution in [0.2, 0.25) is 0 Å². The van der Waals surface area contributed by atoms with E-state index < -0.39 is 5.76 Å². The molecule has 1 N–H and O–H groups in total. The Balaban J connectivity index is 1.64. The largest absolute Gasteiger partial charge is 0.454 e. The summed E-state index contributed by atoms with van der Waals surface area (Å²) in [7, 11) is 0. The molecule has 0 saturated heterocycles. The van der Waals surface area contributed by atoms with E-state index in [1.807, 2.05) is 30.3 Å². The molecule has 2 aromatic carbocycles. The monoisotopic (exact) mass is 351 g/mol. The Bertz CT molecular complexity index is 705. The average molecular weight is 351 g/mol. The summed E-state index contributed by atoms with van der Waals surface area (Å²) in [4.78, 5) is 0.573. The Labute approximate surface area is 144 Å². The number of benzene rings is 2. The lowest BCUT2D eigenvalue weighted by Crippen LogP contribution is -2.35. The number of hydrogen-bond acceptors (Lipinski definition) is 4. The van der Waals surface area contributed by atoms with E-state index in [-0.39, 0.29) is 12.3 Å². The van der Waals surface area contributed by atoms with Crippen molar-refractivity contribution < 1.29 is 18.3 Å². The maximum Gasteiger partial charge on any atom is 0.288 e. The molecule has 24 heavy (non-hydrogen) atoms. The van der Waals surface area contributed by atoms with Crippen molar-refractivity contribution in [1.82, 2.24) is 5.32 Å². The zero-order chi connectivity index (χ0) is 17.2. The fourth-order valence-electron chi connectivity index (χ4n) is 2.50. The molecule has 0 atom stereocenters. The van der Waals surface area contributed by atoms with E-state index in [9.17, 15) is 8.78 Å². The van der Waals surface area contributed by atoms with E-state index in [1.165, 1.54) is 0 Å². The molecule has 0 spiro atoms. The predicted molar refractivity (Wildman–Crippen MR) is 90.7 cm³/mol. The van der Waals surface area contributed by atoms with Crippen molar-refractivity contribution >= 4 is 11.8 Å². The lowest BCUT2D eigenvalue weighted by molar-refractivity contribution is 0.174. The molecule has 128 valence electrons. The summed E-state index contributed by atoms with van der Waals surface area (Å²) in [5, 5.41) is 3.49. The van der Waals surface area contributed by atoms with Gasteiger partial charge in [0.1, 0.15) is 0 Å². The van der Waals surface area contributed by atoms with E-state index in [2.05, 4.69) is 19.2 Å². The van der Waals surface area contributed by atoms with Crippen LogP contribution in [0.15, 0.2) is 47.4 Å². The van der Waals surface area contributed by atoms with Crippen molar-refractivity contribution in [2.24, 2.45) is 0 Å². The van der Waals surface area contributed by atoms with Crippen LogP contribution in [-0.2, 0) is 12.1 Å². The number of nitrogens with one attached hydrogen (secondary N) is 1. The molecule has 0 saturated carbocycles. The SMILES string of the molecule is CC(C)(NCc1ccc(SC(F)F)cc1)c1ccc2c(c1)OCO2. The number of fused-ring (bicyclic) bond motifs is 1. The van der Waals surface area contributed by atoms with Crippen molar-refractivity contribution in [3.8, 4) is 11.5 Å². The first-order valence-electron chi connectivity index (χ1n) is 7.63. The summed E-state index contributed by atoms with van der Waals surface area (Å²) >= 11 is 0.559. The van der Waals surface area contributed by atoms with E-state index in [4.69, 9.17) is 9.47 Å². The van der Waals surface area contributed by atoms with Crippen molar-refractivity contribution in [3.63, 3.8) is 0 Å². The summed E-state index contributed by atoms with van der Waals surface area (Å²) in [6, 6.07) is 13.1. The highest BCUT2D eigenvalue weighted by molar-refractivity contribution is 7.99. The Morgan fingerprint density at radius 3 is 2.50 bits per heavy atom. The Kier molecular flexibility index (Phi) is 4.96. The molecule has 0 aliphatic carbocycles. The fraction of sp³-hybridized carbons (Fsp3) is 0.333. The summed E-state index contributed by atoms with van der Waals surface area (Å²) in [5.74, 6) is -0.865. The molecule has 2 aromatic rings. The maximum absolute atomic E-state index is 12.3. The van der Waals surface area contributed by atoms with Gasteiger partial charge in [-0.1, -0.05) is 30.0 Å². The van der Waals surface area contributed by atoms with Crippen molar-refractivity contribution in [3.05, 3.63) is 53.6 Å². The standard InChI is InChI=1S/C18H19F2NO2S/c1-18(2,13-5-8-15-16(9-13)23-11-22-15)21-10-12-3-6-14(7-4-12)24-17(19)20/h3-9,17,21H,10-11H2,1-2H3. The van der Waals surface area contributed by atoms with Crippen LogP contribution in [0.25, 0.3) is 0 Å². The van der Waals surface area contributed by atoms with Crippen LogP contribution in [0.1, 0.15) is 25.0 Å². The molecule has 1 aliphatic rings. The minimum atomic E-state index is -2.39. The Morgan fingerprint density at radius 2 is 1.79 bits per heavy atom. The van der Waals surface area contributed by atoms with E-state index in [1.54, 1.807) is 12.1 Å². The molecule has 3 nitrogen and oxygen atoms in total. The molecule has 0 unspecified atom stereocenters. The molecular weight excluding hydrogens is 332 g/mol. The van der Waals surface area contributed by atoms with E-state index in [0.29, 0.717) is 23.2 Å². The van der Waals surface area contributed by atoms with Gasteiger partial charge in [-0.05, 0) is 49.2 Å².